The molecule has 108 valence electrons. The van der Waals surface area contributed by atoms with Crippen molar-refractivity contribution in [1.29, 1.82) is 0 Å². The molecule has 0 spiro atoms. The van der Waals surface area contributed by atoms with Gasteiger partial charge in [0.05, 0.1) is 23.2 Å². The van der Waals surface area contributed by atoms with Gasteiger partial charge in [0.2, 0.25) is 5.91 Å². The van der Waals surface area contributed by atoms with Gasteiger partial charge in [0.15, 0.2) is 0 Å². The van der Waals surface area contributed by atoms with Gasteiger partial charge in [0, 0.05) is 11.3 Å². The third kappa shape index (κ3) is 2.81. The van der Waals surface area contributed by atoms with Crippen molar-refractivity contribution >= 4 is 28.9 Å². The average molecular weight is 303 g/mol. The summed E-state index contributed by atoms with van der Waals surface area (Å²) >= 11 is 5.97. The maximum absolute atomic E-state index is 12.5. The summed E-state index contributed by atoms with van der Waals surface area (Å²) in [5.74, 6) is 0.497. The second-order valence-corrected chi connectivity index (χ2v) is 5.36. The first-order valence-corrected chi connectivity index (χ1v) is 7.10. The topological polar surface area (TPSA) is 64.3 Å². The van der Waals surface area contributed by atoms with E-state index >= 15 is 0 Å². The summed E-state index contributed by atoms with van der Waals surface area (Å²) in [4.78, 5) is 12.5. The molecule has 0 saturated carbocycles. The minimum Gasteiger partial charge on any atom is -0.493 e. The molecule has 1 atom stereocenters. The summed E-state index contributed by atoms with van der Waals surface area (Å²) in [6.45, 7) is 0.539. The monoisotopic (exact) mass is 302 g/mol. The van der Waals surface area contributed by atoms with Gasteiger partial charge in [-0.3, -0.25) is 4.79 Å². The molecule has 2 aromatic carbocycles. The summed E-state index contributed by atoms with van der Waals surface area (Å²) < 4.78 is 5.57. The van der Waals surface area contributed by atoms with Crippen molar-refractivity contribution in [2.45, 2.75) is 12.3 Å². The lowest BCUT2D eigenvalue weighted by molar-refractivity contribution is -0.118. The van der Waals surface area contributed by atoms with Crippen LogP contribution in [0.25, 0.3) is 0 Å². The second-order valence-electron chi connectivity index (χ2n) is 4.95. The molecular formula is C16H15ClN2O2. The number of benzene rings is 2. The Labute approximate surface area is 127 Å². The number of ether oxygens (including phenoxy) is 1. The van der Waals surface area contributed by atoms with E-state index in [-0.39, 0.29) is 11.8 Å². The number of nitrogen functional groups attached to an aromatic ring is 1. The number of hydrogen-bond donors (Lipinski definition) is 2. The van der Waals surface area contributed by atoms with Crippen LogP contribution in [0.5, 0.6) is 5.75 Å². The van der Waals surface area contributed by atoms with Crippen molar-refractivity contribution in [2.75, 3.05) is 17.7 Å². The van der Waals surface area contributed by atoms with E-state index in [4.69, 9.17) is 22.1 Å². The molecule has 1 heterocycles. The molecule has 2 aromatic rings. The van der Waals surface area contributed by atoms with E-state index in [2.05, 4.69) is 5.32 Å². The Morgan fingerprint density at radius 2 is 2.10 bits per heavy atom. The van der Waals surface area contributed by atoms with Gasteiger partial charge in [-0.2, -0.15) is 0 Å². The van der Waals surface area contributed by atoms with Crippen molar-refractivity contribution in [2.24, 2.45) is 0 Å². The number of nitrogens with one attached hydrogen (secondary N) is 1. The van der Waals surface area contributed by atoms with Crippen LogP contribution in [0.1, 0.15) is 17.9 Å². The smallest absolute Gasteiger partial charge is 0.232 e. The molecular weight excluding hydrogens is 288 g/mol. The fourth-order valence-electron chi connectivity index (χ4n) is 2.45. The third-order valence-electron chi connectivity index (χ3n) is 3.54. The lowest BCUT2D eigenvalue weighted by atomic mass is 9.92. The summed E-state index contributed by atoms with van der Waals surface area (Å²) in [6.07, 6.45) is 0.658. The first kappa shape index (κ1) is 13.8. The van der Waals surface area contributed by atoms with Crippen LogP contribution in [0.3, 0.4) is 0 Å². The summed E-state index contributed by atoms with van der Waals surface area (Å²) in [5, 5.41) is 3.32. The minimum absolute atomic E-state index is 0.0633. The van der Waals surface area contributed by atoms with E-state index in [1.807, 2.05) is 24.3 Å². The number of hydrogen-bond acceptors (Lipinski definition) is 3. The van der Waals surface area contributed by atoms with E-state index in [1.54, 1.807) is 18.2 Å². The van der Waals surface area contributed by atoms with Crippen LogP contribution in [0.2, 0.25) is 5.02 Å². The molecule has 0 aliphatic carbocycles. The predicted octanol–water partition coefficient (Wildman–Crippen LogP) is 3.43. The standard InChI is InChI=1S/C16H15ClN2O2/c17-13-9-10(5-6-14(13)18)19-16(20)12-7-8-21-15-4-2-1-3-11(12)15/h1-6,9,12H,7-8,18H2,(H,19,20). The molecule has 1 unspecified atom stereocenters. The summed E-state index contributed by atoms with van der Waals surface area (Å²) in [5.41, 5.74) is 7.72. The van der Waals surface area contributed by atoms with Gasteiger partial charge in [-0.25, -0.2) is 0 Å². The maximum Gasteiger partial charge on any atom is 0.232 e. The first-order valence-electron chi connectivity index (χ1n) is 6.73. The van der Waals surface area contributed by atoms with Crippen molar-refractivity contribution in [3.05, 3.63) is 53.1 Å². The van der Waals surface area contributed by atoms with Gasteiger partial charge in [0.1, 0.15) is 5.75 Å². The molecule has 0 fully saturated rings. The second kappa shape index (κ2) is 5.66. The molecule has 3 rings (SSSR count). The van der Waals surface area contributed by atoms with Crippen LogP contribution in [0, 0.1) is 0 Å². The van der Waals surface area contributed by atoms with E-state index in [0.717, 1.165) is 11.3 Å². The summed E-state index contributed by atoms with van der Waals surface area (Å²) in [7, 11) is 0. The number of rotatable bonds is 2. The third-order valence-corrected chi connectivity index (χ3v) is 3.87. The highest BCUT2D eigenvalue weighted by molar-refractivity contribution is 6.33. The largest absolute Gasteiger partial charge is 0.493 e. The molecule has 1 amide bonds. The van der Waals surface area contributed by atoms with E-state index in [1.165, 1.54) is 0 Å². The zero-order valence-corrected chi connectivity index (χ0v) is 12.1. The zero-order valence-electron chi connectivity index (χ0n) is 11.3. The number of nitrogens with two attached hydrogens (primary N) is 1. The minimum atomic E-state index is -0.216. The maximum atomic E-state index is 12.5. The first-order chi connectivity index (χ1) is 10.1. The van der Waals surface area contributed by atoms with E-state index in [9.17, 15) is 4.79 Å². The van der Waals surface area contributed by atoms with Crippen LogP contribution in [0.4, 0.5) is 11.4 Å². The van der Waals surface area contributed by atoms with Crippen molar-refractivity contribution < 1.29 is 9.53 Å². The van der Waals surface area contributed by atoms with Gasteiger partial charge in [-0.15, -0.1) is 0 Å². The molecule has 5 heteroatoms. The normalized spacial score (nSPS) is 16.7. The molecule has 21 heavy (non-hydrogen) atoms. The Hall–Kier alpha value is -2.20. The fourth-order valence-corrected chi connectivity index (χ4v) is 2.63. The number of fused-ring (bicyclic) bond motifs is 1. The van der Waals surface area contributed by atoms with Crippen molar-refractivity contribution in [1.82, 2.24) is 0 Å². The molecule has 3 N–H and O–H groups in total. The highest BCUT2D eigenvalue weighted by Crippen LogP contribution is 2.34. The Morgan fingerprint density at radius 3 is 2.90 bits per heavy atom. The highest BCUT2D eigenvalue weighted by Gasteiger charge is 2.27. The lowest BCUT2D eigenvalue weighted by Crippen LogP contribution is -2.26. The SMILES string of the molecule is Nc1ccc(NC(=O)C2CCOc3ccccc32)cc1Cl. The number of para-hydroxylation sites is 1. The van der Waals surface area contributed by atoms with Crippen molar-refractivity contribution in [3.8, 4) is 5.75 Å². The van der Waals surface area contributed by atoms with Crippen molar-refractivity contribution in [3.63, 3.8) is 0 Å². The average Bonchev–Trinajstić information content (AvgIpc) is 2.50. The van der Waals surface area contributed by atoms with Gasteiger partial charge in [0.25, 0.3) is 0 Å². The highest BCUT2D eigenvalue weighted by atomic mass is 35.5. The number of carbonyl (C=O) groups is 1. The van der Waals surface area contributed by atoms with Crippen LogP contribution < -0.4 is 15.8 Å². The van der Waals surface area contributed by atoms with Crippen LogP contribution in [-0.4, -0.2) is 12.5 Å². The molecule has 1 aliphatic heterocycles. The number of carbonyl (C=O) groups excluding carboxylic acids is 1. The van der Waals surface area contributed by atoms with Crippen LogP contribution in [0.15, 0.2) is 42.5 Å². The number of halogens is 1. The van der Waals surface area contributed by atoms with E-state index < -0.39 is 0 Å². The number of anilines is 2. The summed E-state index contributed by atoms with van der Waals surface area (Å²) in [6, 6.07) is 12.7. The molecule has 0 saturated heterocycles. The van der Waals surface area contributed by atoms with Crippen LogP contribution in [-0.2, 0) is 4.79 Å². The predicted molar refractivity (Wildman–Crippen MR) is 83.8 cm³/mol. The van der Waals surface area contributed by atoms with Gasteiger partial charge in [-0.05, 0) is 30.7 Å². The van der Waals surface area contributed by atoms with E-state index in [0.29, 0.717) is 29.4 Å². The Bertz CT molecular complexity index is 688. The lowest BCUT2D eigenvalue weighted by Gasteiger charge is -2.25. The molecule has 4 nitrogen and oxygen atoms in total. The van der Waals surface area contributed by atoms with Crippen LogP contribution >= 0.6 is 11.6 Å². The van der Waals surface area contributed by atoms with Gasteiger partial charge in [-0.1, -0.05) is 29.8 Å². The Morgan fingerprint density at radius 1 is 1.29 bits per heavy atom. The van der Waals surface area contributed by atoms with Gasteiger partial charge >= 0.3 is 0 Å². The Balaban J connectivity index is 1.81. The zero-order chi connectivity index (χ0) is 14.8. The quantitative estimate of drug-likeness (QED) is 0.835. The molecule has 0 aromatic heterocycles. The fraction of sp³-hybridized carbons (Fsp3) is 0.188. The Kier molecular flexibility index (Phi) is 3.71. The number of amides is 1. The molecule has 0 bridgehead atoms. The molecule has 0 radical (unpaired) electrons. The molecule has 1 aliphatic rings. The van der Waals surface area contributed by atoms with Gasteiger partial charge < -0.3 is 15.8 Å².